The molecule has 0 spiro atoms. The summed E-state index contributed by atoms with van der Waals surface area (Å²) >= 11 is 1.47. The van der Waals surface area contributed by atoms with Crippen LogP contribution in [-0.2, 0) is 9.59 Å². The van der Waals surface area contributed by atoms with Crippen molar-refractivity contribution in [3.63, 3.8) is 0 Å². The number of benzene rings is 1. The Labute approximate surface area is 139 Å². The van der Waals surface area contributed by atoms with Gasteiger partial charge in [0.1, 0.15) is 0 Å². The van der Waals surface area contributed by atoms with Gasteiger partial charge in [-0.05, 0) is 31.0 Å². The van der Waals surface area contributed by atoms with Crippen molar-refractivity contribution in [2.75, 3.05) is 18.4 Å². The van der Waals surface area contributed by atoms with Gasteiger partial charge in [0.25, 0.3) is 0 Å². The second kappa shape index (κ2) is 6.66. The zero-order valence-corrected chi connectivity index (χ0v) is 14.3. The number of likely N-dealkylation sites (tertiary alicyclic amines) is 1. The quantitative estimate of drug-likeness (QED) is 0.915. The third-order valence-electron chi connectivity index (χ3n) is 4.14. The van der Waals surface area contributed by atoms with E-state index in [-0.39, 0.29) is 17.7 Å². The van der Waals surface area contributed by atoms with Crippen LogP contribution in [0.15, 0.2) is 18.2 Å². The van der Waals surface area contributed by atoms with Crippen LogP contribution in [0.3, 0.4) is 0 Å². The minimum atomic E-state index is -0.270. The molecular weight excluding hydrogens is 310 g/mol. The summed E-state index contributed by atoms with van der Waals surface area (Å²) in [6.45, 7) is 5.40. The predicted molar refractivity (Wildman–Crippen MR) is 92.6 cm³/mol. The van der Waals surface area contributed by atoms with Gasteiger partial charge in [0, 0.05) is 19.5 Å². The number of unbranched alkanes of at least 4 members (excludes halogenated alkanes) is 1. The first-order chi connectivity index (χ1) is 11.1. The molecule has 1 fully saturated rings. The van der Waals surface area contributed by atoms with Crippen LogP contribution < -0.4 is 5.32 Å². The van der Waals surface area contributed by atoms with Gasteiger partial charge in [-0.2, -0.15) is 0 Å². The van der Waals surface area contributed by atoms with Gasteiger partial charge in [0.05, 0.1) is 16.1 Å². The largest absolute Gasteiger partial charge is 0.342 e. The Morgan fingerprint density at radius 2 is 2.30 bits per heavy atom. The number of hydrogen-bond acceptors (Lipinski definition) is 4. The summed E-state index contributed by atoms with van der Waals surface area (Å²) in [6.07, 6.45) is 2.34. The molecule has 1 aliphatic rings. The Bertz CT molecular complexity index is 741. The number of aryl methyl sites for hydroxylation is 1. The highest BCUT2D eigenvalue weighted by Crippen LogP contribution is 2.28. The summed E-state index contributed by atoms with van der Waals surface area (Å²) in [5.74, 6) is -0.292. The minimum Gasteiger partial charge on any atom is -0.342 e. The first-order valence-corrected chi connectivity index (χ1v) is 8.84. The van der Waals surface area contributed by atoms with E-state index in [0.717, 1.165) is 29.6 Å². The van der Waals surface area contributed by atoms with Gasteiger partial charge in [0.15, 0.2) is 5.13 Å². The Morgan fingerprint density at radius 3 is 3.09 bits per heavy atom. The topological polar surface area (TPSA) is 62.3 Å². The van der Waals surface area contributed by atoms with Gasteiger partial charge in [-0.25, -0.2) is 4.98 Å². The molecule has 23 heavy (non-hydrogen) atoms. The number of nitrogens with one attached hydrogen (secondary N) is 1. The molecule has 0 bridgehead atoms. The summed E-state index contributed by atoms with van der Waals surface area (Å²) in [4.78, 5) is 30.6. The van der Waals surface area contributed by atoms with Crippen LogP contribution in [0.1, 0.15) is 31.7 Å². The van der Waals surface area contributed by atoms with Gasteiger partial charge < -0.3 is 10.2 Å². The molecule has 122 valence electrons. The lowest BCUT2D eigenvalue weighted by Gasteiger charge is -2.15. The molecule has 0 saturated carbocycles. The number of carbonyl (C=O) groups excluding carboxylic acids is 2. The van der Waals surface area contributed by atoms with Crippen LogP contribution >= 0.6 is 11.3 Å². The van der Waals surface area contributed by atoms with E-state index in [1.165, 1.54) is 16.9 Å². The van der Waals surface area contributed by atoms with E-state index in [4.69, 9.17) is 0 Å². The molecule has 0 unspecified atom stereocenters. The normalized spacial score (nSPS) is 17.9. The fourth-order valence-electron chi connectivity index (χ4n) is 2.81. The number of nitrogens with zero attached hydrogens (tertiary/aromatic N) is 2. The van der Waals surface area contributed by atoms with Crippen molar-refractivity contribution in [2.45, 2.75) is 33.1 Å². The monoisotopic (exact) mass is 331 g/mol. The van der Waals surface area contributed by atoms with E-state index in [9.17, 15) is 9.59 Å². The highest BCUT2D eigenvalue weighted by Gasteiger charge is 2.34. The van der Waals surface area contributed by atoms with Crippen molar-refractivity contribution < 1.29 is 9.59 Å². The number of amides is 2. The van der Waals surface area contributed by atoms with Crippen molar-refractivity contribution in [1.82, 2.24) is 9.88 Å². The van der Waals surface area contributed by atoms with E-state index in [1.54, 1.807) is 4.90 Å². The van der Waals surface area contributed by atoms with Gasteiger partial charge >= 0.3 is 0 Å². The zero-order chi connectivity index (χ0) is 16.4. The Morgan fingerprint density at radius 1 is 1.48 bits per heavy atom. The van der Waals surface area contributed by atoms with Gasteiger partial charge in [0.2, 0.25) is 11.8 Å². The Balaban J connectivity index is 1.65. The third kappa shape index (κ3) is 3.52. The van der Waals surface area contributed by atoms with Crippen molar-refractivity contribution >= 4 is 38.5 Å². The van der Waals surface area contributed by atoms with Crippen molar-refractivity contribution in [2.24, 2.45) is 5.92 Å². The molecule has 2 heterocycles. The maximum atomic E-state index is 12.4. The van der Waals surface area contributed by atoms with Crippen molar-refractivity contribution in [3.05, 3.63) is 23.8 Å². The molecule has 1 aromatic heterocycles. The lowest BCUT2D eigenvalue weighted by atomic mass is 10.1. The lowest BCUT2D eigenvalue weighted by Crippen LogP contribution is -2.29. The number of aromatic nitrogens is 1. The second-order valence-electron chi connectivity index (χ2n) is 6.07. The molecule has 0 radical (unpaired) electrons. The number of hydrogen-bond donors (Lipinski definition) is 1. The number of carbonyl (C=O) groups is 2. The summed E-state index contributed by atoms with van der Waals surface area (Å²) in [6, 6.07) is 6.03. The fourth-order valence-corrected chi connectivity index (χ4v) is 3.77. The van der Waals surface area contributed by atoms with Crippen LogP contribution in [0.25, 0.3) is 10.2 Å². The van der Waals surface area contributed by atoms with E-state index < -0.39 is 0 Å². The molecule has 1 aliphatic heterocycles. The van der Waals surface area contributed by atoms with Gasteiger partial charge in [-0.3, -0.25) is 9.59 Å². The smallest absolute Gasteiger partial charge is 0.231 e. The highest BCUT2D eigenvalue weighted by atomic mass is 32.1. The minimum absolute atomic E-state index is 0.0820. The molecule has 3 rings (SSSR count). The van der Waals surface area contributed by atoms with Crippen LogP contribution in [0.2, 0.25) is 0 Å². The molecule has 0 aliphatic carbocycles. The first-order valence-electron chi connectivity index (χ1n) is 8.02. The van der Waals surface area contributed by atoms with E-state index in [2.05, 4.69) is 23.3 Å². The predicted octanol–water partition coefficient (Wildman–Crippen LogP) is 3.19. The summed E-state index contributed by atoms with van der Waals surface area (Å²) in [5, 5.41) is 3.49. The first kappa shape index (κ1) is 15.9. The van der Waals surface area contributed by atoms with Gasteiger partial charge in [-0.1, -0.05) is 30.7 Å². The highest BCUT2D eigenvalue weighted by molar-refractivity contribution is 7.22. The van der Waals surface area contributed by atoms with Crippen LogP contribution in [0, 0.1) is 12.8 Å². The summed E-state index contributed by atoms with van der Waals surface area (Å²) < 4.78 is 1.06. The number of anilines is 1. The molecule has 2 amide bonds. The van der Waals surface area contributed by atoms with E-state index >= 15 is 0 Å². The zero-order valence-electron chi connectivity index (χ0n) is 13.5. The van der Waals surface area contributed by atoms with E-state index in [0.29, 0.717) is 18.1 Å². The van der Waals surface area contributed by atoms with Crippen LogP contribution in [-0.4, -0.2) is 34.8 Å². The molecule has 2 aromatic rings. The molecular formula is C17H21N3O2S. The Kier molecular flexibility index (Phi) is 4.61. The lowest BCUT2D eigenvalue weighted by molar-refractivity contribution is -0.128. The number of rotatable bonds is 5. The van der Waals surface area contributed by atoms with Crippen LogP contribution in [0.4, 0.5) is 5.13 Å². The second-order valence-corrected chi connectivity index (χ2v) is 7.10. The molecule has 5 nitrogen and oxygen atoms in total. The molecule has 1 atom stereocenters. The molecule has 1 aromatic carbocycles. The third-order valence-corrected chi connectivity index (χ3v) is 5.07. The average molecular weight is 331 g/mol. The van der Waals surface area contributed by atoms with E-state index in [1.807, 2.05) is 19.1 Å². The molecule has 6 heteroatoms. The number of fused-ring (bicyclic) bond motifs is 1. The maximum Gasteiger partial charge on any atom is 0.231 e. The van der Waals surface area contributed by atoms with Gasteiger partial charge in [-0.15, -0.1) is 0 Å². The maximum absolute atomic E-state index is 12.4. The average Bonchev–Trinajstić information content (AvgIpc) is 3.07. The molecule has 1 N–H and O–H groups in total. The van der Waals surface area contributed by atoms with Crippen molar-refractivity contribution in [3.8, 4) is 0 Å². The molecule has 1 saturated heterocycles. The van der Waals surface area contributed by atoms with Crippen LogP contribution in [0.5, 0.6) is 0 Å². The Hall–Kier alpha value is -1.95. The summed E-state index contributed by atoms with van der Waals surface area (Å²) in [7, 11) is 0. The van der Waals surface area contributed by atoms with Crippen molar-refractivity contribution in [1.29, 1.82) is 0 Å². The SMILES string of the molecule is CCCCN1C[C@H](C(=O)Nc2nc3ccc(C)cc3s2)CC1=O. The summed E-state index contributed by atoms with van der Waals surface area (Å²) in [5.41, 5.74) is 2.06. The number of thiazole rings is 1. The fraction of sp³-hybridized carbons (Fsp3) is 0.471. The standard InChI is InChI=1S/C17H21N3O2S/c1-3-4-7-20-10-12(9-15(20)21)16(22)19-17-18-13-6-5-11(2)8-14(13)23-17/h5-6,8,12H,3-4,7,9-10H2,1-2H3,(H,18,19,22)/t12-/m1/s1.